The molecule has 2 aromatic carbocycles. The standard InChI is InChI=1S/C20H17ClN4O2S/c1-11-3-5-13(6-4-11)17-10-16(15-9-14(21)7-8-18(15)26)23-25(17)20(27)19-12(2)22-24-28-19/h3-9,17,26H,10H2,1-2H3/t17-/m0/s1. The van der Waals surface area contributed by atoms with Crippen molar-refractivity contribution in [1.82, 2.24) is 14.6 Å². The summed E-state index contributed by atoms with van der Waals surface area (Å²) < 4.78 is 3.86. The van der Waals surface area contributed by atoms with Crippen molar-refractivity contribution in [3.8, 4) is 5.75 Å². The number of benzene rings is 2. The van der Waals surface area contributed by atoms with Gasteiger partial charge in [0.15, 0.2) is 0 Å². The van der Waals surface area contributed by atoms with Crippen molar-refractivity contribution in [1.29, 1.82) is 0 Å². The van der Waals surface area contributed by atoms with Crippen LogP contribution in [0.3, 0.4) is 0 Å². The van der Waals surface area contributed by atoms with Crippen LogP contribution >= 0.6 is 23.1 Å². The van der Waals surface area contributed by atoms with E-state index in [1.807, 2.05) is 31.2 Å². The van der Waals surface area contributed by atoms with E-state index in [0.29, 0.717) is 33.3 Å². The lowest BCUT2D eigenvalue weighted by Gasteiger charge is -2.21. The molecule has 1 amide bonds. The number of hydrogen-bond acceptors (Lipinski definition) is 6. The molecule has 0 saturated heterocycles. The van der Waals surface area contributed by atoms with Gasteiger partial charge in [0.1, 0.15) is 10.6 Å². The lowest BCUT2D eigenvalue weighted by atomic mass is 9.97. The van der Waals surface area contributed by atoms with Crippen LogP contribution in [0.1, 0.15) is 44.5 Å². The zero-order chi connectivity index (χ0) is 19.8. The summed E-state index contributed by atoms with van der Waals surface area (Å²) in [6.45, 7) is 3.76. The first-order valence-corrected chi connectivity index (χ1v) is 9.84. The second-order valence-electron chi connectivity index (χ2n) is 6.68. The largest absolute Gasteiger partial charge is 0.507 e. The Morgan fingerprint density at radius 3 is 2.64 bits per heavy atom. The number of hydrogen-bond donors (Lipinski definition) is 1. The van der Waals surface area contributed by atoms with Crippen molar-refractivity contribution < 1.29 is 9.90 Å². The van der Waals surface area contributed by atoms with Gasteiger partial charge in [-0.1, -0.05) is 45.9 Å². The van der Waals surface area contributed by atoms with E-state index < -0.39 is 0 Å². The Bertz CT molecular complexity index is 1080. The normalized spacial score (nSPS) is 16.3. The Kier molecular flexibility index (Phi) is 4.87. The van der Waals surface area contributed by atoms with Crippen molar-refractivity contribution >= 4 is 34.8 Å². The van der Waals surface area contributed by atoms with Gasteiger partial charge in [0.2, 0.25) is 0 Å². The molecule has 1 N–H and O–H groups in total. The third-order valence-corrected chi connectivity index (χ3v) is 5.75. The highest BCUT2D eigenvalue weighted by molar-refractivity contribution is 7.07. The van der Waals surface area contributed by atoms with Crippen LogP contribution in [0.2, 0.25) is 5.02 Å². The fourth-order valence-electron chi connectivity index (χ4n) is 3.18. The number of aromatic nitrogens is 2. The number of rotatable bonds is 3. The average molecular weight is 413 g/mol. The van der Waals surface area contributed by atoms with Crippen molar-refractivity contribution in [3.63, 3.8) is 0 Å². The molecule has 0 bridgehead atoms. The van der Waals surface area contributed by atoms with Gasteiger partial charge >= 0.3 is 0 Å². The molecule has 2 heterocycles. The zero-order valence-electron chi connectivity index (χ0n) is 15.3. The summed E-state index contributed by atoms with van der Waals surface area (Å²) in [5, 5.41) is 20.7. The van der Waals surface area contributed by atoms with Gasteiger partial charge in [0.05, 0.1) is 17.4 Å². The van der Waals surface area contributed by atoms with E-state index in [0.717, 1.165) is 22.7 Å². The first kappa shape index (κ1) is 18.6. The molecule has 142 valence electrons. The van der Waals surface area contributed by atoms with Crippen molar-refractivity contribution in [2.75, 3.05) is 0 Å². The first-order valence-electron chi connectivity index (χ1n) is 8.69. The molecule has 0 saturated carbocycles. The van der Waals surface area contributed by atoms with Crippen molar-refractivity contribution in [3.05, 3.63) is 74.7 Å². The quantitative estimate of drug-likeness (QED) is 0.686. The summed E-state index contributed by atoms with van der Waals surface area (Å²) in [6, 6.07) is 12.5. The highest BCUT2D eigenvalue weighted by Crippen LogP contribution is 2.37. The Balaban J connectivity index is 1.78. The van der Waals surface area contributed by atoms with Crippen LogP contribution in [0.4, 0.5) is 0 Å². The smallest absolute Gasteiger partial charge is 0.288 e. The fourth-order valence-corrected chi connectivity index (χ4v) is 3.94. The van der Waals surface area contributed by atoms with Gasteiger partial charge in [0, 0.05) is 17.0 Å². The second-order valence-corrected chi connectivity index (χ2v) is 7.87. The number of aryl methyl sites for hydroxylation is 2. The molecule has 0 aliphatic carbocycles. The lowest BCUT2D eigenvalue weighted by Crippen LogP contribution is -2.27. The highest BCUT2D eigenvalue weighted by atomic mass is 35.5. The molecule has 1 aromatic heterocycles. The van der Waals surface area contributed by atoms with E-state index in [1.165, 1.54) is 11.1 Å². The molecule has 3 aromatic rings. The molecule has 8 heteroatoms. The van der Waals surface area contributed by atoms with Gasteiger partial charge in [0.25, 0.3) is 5.91 Å². The van der Waals surface area contributed by atoms with Crippen molar-refractivity contribution in [2.45, 2.75) is 26.3 Å². The van der Waals surface area contributed by atoms with Crippen LogP contribution < -0.4 is 0 Å². The minimum Gasteiger partial charge on any atom is -0.507 e. The number of carbonyl (C=O) groups is 1. The molecule has 1 aliphatic heterocycles. The Hall–Kier alpha value is -2.77. The third kappa shape index (κ3) is 3.39. The average Bonchev–Trinajstić information content (AvgIpc) is 3.30. The van der Waals surface area contributed by atoms with Gasteiger partial charge in [-0.05, 0) is 49.1 Å². The van der Waals surface area contributed by atoms with Crippen LogP contribution in [0.25, 0.3) is 0 Å². The van der Waals surface area contributed by atoms with Gasteiger partial charge < -0.3 is 5.11 Å². The third-order valence-electron chi connectivity index (χ3n) is 4.70. The summed E-state index contributed by atoms with van der Waals surface area (Å²) >= 11 is 7.16. The number of amides is 1. The fraction of sp³-hybridized carbons (Fsp3) is 0.200. The van der Waals surface area contributed by atoms with E-state index in [1.54, 1.807) is 19.1 Å². The van der Waals surface area contributed by atoms with Crippen molar-refractivity contribution in [2.24, 2.45) is 5.10 Å². The number of phenolic OH excluding ortho intramolecular Hbond substituents is 1. The maximum atomic E-state index is 13.2. The van der Waals surface area contributed by atoms with Crippen LogP contribution in [-0.4, -0.2) is 31.3 Å². The maximum absolute atomic E-state index is 13.2. The monoisotopic (exact) mass is 412 g/mol. The Morgan fingerprint density at radius 1 is 1.21 bits per heavy atom. The predicted molar refractivity (Wildman–Crippen MR) is 109 cm³/mol. The SMILES string of the molecule is Cc1ccc([C@@H]2CC(c3cc(Cl)ccc3O)=NN2C(=O)c2snnc2C)cc1. The lowest BCUT2D eigenvalue weighted by molar-refractivity contribution is 0.0715. The maximum Gasteiger partial charge on any atom is 0.288 e. The number of nitrogens with zero attached hydrogens (tertiary/aromatic N) is 4. The molecular weight excluding hydrogens is 396 g/mol. The summed E-state index contributed by atoms with van der Waals surface area (Å²) in [6.07, 6.45) is 0.466. The molecule has 1 aliphatic rings. The number of aromatic hydroxyl groups is 1. The summed E-state index contributed by atoms with van der Waals surface area (Å²) in [7, 11) is 0. The minimum atomic E-state index is -0.289. The molecule has 0 radical (unpaired) electrons. The number of hydrazone groups is 1. The summed E-state index contributed by atoms with van der Waals surface area (Å²) in [5.74, 6) is -0.176. The molecule has 4 rings (SSSR count). The molecule has 1 atom stereocenters. The van der Waals surface area contributed by atoms with E-state index >= 15 is 0 Å². The molecular formula is C20H17ClN4O2S. The number of halogens is 1. The summed E-state index contributed by atoms with van der Waals surface area (Å²) in [5.41, 5.74) is 3.81. The van der Waals surface area contributed by atoms with Gasteiger partial charge in [-0.15, -0.1) is 5.10 Å². The molecule has 0 spiro atoms. The second kappa shape index (κ2) is 7.33. The first-order chi connectivity index (χ1) is 13.4. The van der Waals surface area contributed by atoms with Crippen LogP contribution in [-0.2, 0) is 0 Å². The van der Waals surface area contributed by atoms with E-state index in [-0.39, 0.29) is 17.7 Å². The van der Waals surface area contributed by atoms with Gasteiger partial charge in [-0.3, -0.25) is 4.79 Å². The molecule has 28 heavy (non-hydrogen) atoms. The van der Waals surface area contributed by atoms with E-state index in [2.05, 4.69) is 14.7 Å². The highest BCUT2D eigenvalue weighted by Gasteiger charge is 2.35. The Morgan fingerprint density at radius 2 is 1.96 bits per heavy atom. The van der Waals surface area contributed by atoms with Crippen LogP contribution in [0.5, 0.6) is 5.75 Å². The van der Waals surface area contributed by atoms with E-state index in [4.69, 9.17) is 11.6 Å². The number of phenols is 1. The van der Waals surface area contributed by atoms with Gasteiger partial charge in [-0.25, -0.2) is 5.01 Å². The van der Waals surface area contributed by atoms with Crippen LogP contribution in [0.15, 0.2) is 47.6 Å². The minimum absolute atomic E-state index is 0.0794. The number of carbonyl (C=O) groups excluding carboxylic acids is 1. The molecule has 0 fully saturated rings. The molecule has 0 unspecified atom stereocenters. The van der Waals surface area contributed by atoms with E-state index in [9.17, 15) is 9.90 Å². The van der Waals surface area contributed by atoms with Crippen LogP contribution in [0, 0.1) is 13.8 Å². The Labute approximate surface area is 171 Å². The molecule has 6 nitrogen and oxygen atoms in total. The summed E-state index contributed by atoms with van der Waals surface area (Å²) in [4.78, 5) is 13.6. The van der Waals surface area contributed by atoms with Gasteiger partial charge in [-0.2, -0.15) is 5.10 Å². The predicted octanol–water partition coefficient (Wildman–Crippen LogP) is 4.51. The topological polar surface area (TPSA) is 78.7 Å². The zero-order valence-corrected chi connectivity index (χ0v) is 16.8.